The molecule has 0 fully saturated rings. The van der Waals surface area contributed by atoms with E-state index in [1.807, 2.05) is 60.7 Å². The number of rotatable bonds is 5. The SMILES string of the molecule is c1ccc(-c2nc(-c3ccccc3)nc(-c3ccc4ccc(-c5ccc6ccc7nc(-c8ccccc8)[se]c7c6c5)cc4c3)n2)cc1. The van der Waals surface area contributed by atoms with Crippen molar-refractivity contribution in [2.24, 2.45) is 0 Å². The van der Waals surface area contributed by atoms with E-state index in [-0.39, 0.29) is 14.5 Å². The average Bonchev–Trinajstić information content (AvgIpc) is 3.60. The number of nitrogens with zero attached hydrogens (tertiary/aromatic N) is 4. The van der Waals surface area contributed by atoms with Gasteiger partial charge in [0.05, 0.1) is 0 Å². The van der Waals surface area contributed by atoms with Crippen molar-refractivity contribution >= 4 is 45.8 Å². The van der Waals surface area contributed by atoms with Crippen LogP contribution in [0.25, 0.3) is 86.7 Å². The molecule has 0 aliphatic heterocycles. The van der Waals surface area contributed by atoms with Gasteiger partial charge in [-0.2, -0.15) is 0 Å². The molecule has 0 spiro atoms. The van der Waals surface area contributed by atoms with Crippen molar-refractivity contribution in [3.05, 3.63) is 158 Å². The van der Waals surface area contributed by atoms with E-state index >= 15 is 0 Å². The van der Waals surface area contributed by atoms with Crippen molar-refractivity contribution < 1.29 is 0 Å². The maximum atomic E-state index is 5.03. The van der Waals surface area contributed by atoms with Gasteiger partial charge in [0.1, 0.15) is 0 Å². The molecule has 0 saturated carbocycles. The predicted octanol–water partition coefficient (Wildman–Crippen LogP) is 10.1. The molecule has 0 amide bonds. The summed E-state index contributed by atoms with van der Waals surface area (Å²) in [5, 5.41) is 4.85. The molecule has 7 aromatic carbocycles. The monoisotopic (exact) mass is 666 g/mol. The van der Waals surface area contributed by atoms with Crippen LogP contribution in [0.2, 0.25) is 0 Å². The van der Waals surface area contributed by atoms with Gasteiger partial charge in [-0.25, -0.2) is 4.98 Å². The van der Waals surface area contributed by atoms with Gasteiger partial charge in [0.25, 0.3) is 0 Å². The second-order valence-corrected chi connectivity index (χ2v) is 13.6. The predicted molar refractivity (Wildman–Crippen MR) is 194 cm³/mol. The Morgan fingerprint density at radius 2 is 0.830 bits per heavy atom. The van der Waals surface area contributed by atoms with Gasteiger partial charge in [-0.1, -0.05) is 60.7 Å². The number of aromatic nitrogens is 4. The second-order valence-electron chi connectivity index (χ2n) is 11.5. The van der Waals surface area contributed by atoms with Gasteiger partial charge in [0, 0.05) is 11.1 Å². The quantitative estimate of drug-likeness (QED) is 0.172. The van der Waals surface area contributed by atoms with Crippen molar-refractivity contribution in [2.75, 3.05) is 0 Å². The fourth-order valence-electron chi connectivity index (χ4n) is 6.09. The summed E-state index contributed by atoms with van der Waals surface area (Å²) in [5.74, 6) is 1.98. The number of fused-ring (bicyclic) bond motifs is 4. The Morgan fingerprint density at radius 1 is 0.340 bits per heavy atom. The summed E-state index contributed by atoms with van der Waals surface area (Å²) < 4.78 is 2.55. The van der Waals surface area contributed by atoms with Gasteiger partial charge in [0.2, 0.25) is 0 Å². The minimum atomic E-state index is 0.148. The molecule has 9 rings (SSSR count). The van der Waals surface area contributed by atoms with Gasteiger partial charge in [-0.05, 0) is 0 Å². The Balaban J connectivity index is 1.14. The molecule has 0 radical (unpaired) electrons. The smallest absolute Gasteiger partial charge is 0.0512 e. The van der Waals surface area contributed by atoms with Crippen LogP contribution in [-0.4, -0.2) is 34.4 Å². The van der Waals surface area contributed by atoms with Gasteiger partial charge < -0.3 is 0 Å². The molecule has 0 bridgehead atoms. The van der Waals surface area contributed by atoms with Crippen LogP contribution in [0, 0.1) is 0 Å². The summed E-state index contributed by atoms with van der Waals surface area (Å²) >= 11 is 0.148. The Kier molecular flexibility index (Phi) is 6.78. The maximum absolute atomic E-state index is 5.03. The third kappa shape index (κ3) is 5.22. The molecule has 0 unspecified atom stereocenters. The largest absolute Gasteiger partial charge is 0.0615 e. The Hall–Kier alpha value is -5.74. The molecule has 2 heterocycles. The van der Waals surface area contributed by atoms with Crippen molar-refractivity contribution in [3.8, 4) is 55.4 Å². The van der Waals surface area contributed by atoms with Crippen LogP contribution in [0.5, 0.6) is 0 Å². The molecule has 4 nitrogen and oxygen atoms in total. The molecular formula is C42H26N4Se. The minimum Gasteiger partial charge on any atom is -0.0615 e. The molecule has 47 heavy (non-hydrogen) atoms. The summed E-state index contributed by atoms with van der Waals surface area (Å²) in [6.45, 7) is 0. The zero-order valence-corrected chi connectivity index (χ0v) is 26.9. The molecular weight excluding hydrogens is 639 g/mol. The van der Waals surface area contributed by atoms with E-state index in [2.05, 4.69) is 97.1 Å². The van der Waals surface area contributed by atoms with E-state index in [1.165, 1.54) is 41.7 Å². The first-order valence-corrected chi connectivity index (χ1v) is 17.3. The standard InChI is InChI=1S/C42H26N4Se/c1-4-10-29(11-5-1)39-44-40(30-12-6-2-7-13-30)46-41(45-39)34-21-17-27-16-19-32(24-35(27)25-34)33-20-18-28-22-23-37-38(36(28)26-33)47-42(43-37)31-14-8-3-9-15-31/h1-26H. The van der Waals surface area contributed by atoms with E-state index in [9.17, 15) is 0 Å². The van der Waals surface area contributed by atoms with Crippen LogP contribution in [0.3, 0.4) is 0 Å². The van der Waals surface area contributed by atoms with Crippen LogP contribution in [0.1, 0.15) is 0 Å². The normalized spacial score (nSPS) is 11.4. The van der Waals surface area contributed by atoms with Crippen molar-refractivity contribution in [1.29, 1.82) is 0 Å². The molecule has 9 aromatic rings. The first-order valence-electron chi connectivity index (χ1n) is 15.6. The Bertz CT molecular complexity index is 2500. The van der Waals surface area contributed by atoms with Gasteiger partial charge in [0.15, 0.2) is 0 Å². The summed E-state index contributed by atoms with van der Waals surface area (Å²) in [6.07, 6.45) is 0. The molecule has 2 aromatic heterocycles. The Morgan fingerprint density at radius 3 is 1.47 bits per heavy atom. The van der Waals surface area contributed by atoms with Crippen LogP contribution in [0.4, 0.5) is 0 Å². The van der Waals surface area contributed by atoms with E-state index < -0.39 is 0 Å². The minimum absolute atomic E-state index is 0.148. The third-order valence-corrected chi connectivity index (χ3v) is 10.9. The first-order chi connectivity index (χ1) is 23.2. The van der Waals surface area contributed by atoms with Crippen LogP contribution in [-0.2, 0) is 0 Å². The van der Waals surface area contributed by atoms with Gasteiger partial charge in [-0.3, -0.25) is 0 Å². The van der Waals surface area contributed by atoms with Gasteiger partial charge in [-0.15, -0.1) is 0 Å². The second kappa shape index (κ2) is 11.6. The number of hydrogen-bond donors (Lipinski definition) is 0. The van der Waals surface area contributed by atoms with Crippen LogP contribution in [0.15, 0.2) is 158 Å². The zero-order chi connectivity index (χ0) is 31.2. The van der Waals surface area contributed by atoms with E-state index in [0.717, 1.165) is 27.6 Å². The zero-order valence-electron chi connectivity index (χ0n) is 25.2. The summed E-state index contributed by atoms with van der Waals surface area (Å²) in [7, 11) is 0. The summed E-state index contributed by atoms with van der Waals surface area (Å²) in [6, 6.07) is 55.1. The molecule has 0 aliphatic carbocycles. The molecule has 0 saturated heterocycles. The van der Waals surface area contributed by atoms with E-state index in [1.54, 1.807) is 0 Å². The summed E-state index contributed by atoms with van der Waals surface area (Å²) in [4.78, 5) is 19.8. The third-order valence-electron chi connectivity index (χ3n) is 8.52. The maximum Gasteiger partial charge on any atom is -0.0512 e. The Labute approximate surface area is 277 Å². The van der Waals surface area contributed by atoms with Crippen molar-refractivity contribution in [1.82, 2.24) is 19.9 Å². The van der Waals surface area contributed by atoms with Crippen molar-refractivity contribution in [3.63, 3.8) is 0 Å². The average molecular weight is 666 g/mol. The van der Waals surface area contributed by atoms with E-state index in [0.29, 0.717) is 17.5 Å². The first kappa shape index (κ1) is 27.6. The molecule has 0 N–H and O–H groups in total. The molecule has 0 aliphatic rings. The van der Waals surface area contributed by atoms with E-state index in [4.69, 9.17) is 19.9 Å². The summed E-state index contributed by atoms with van der Waals surface area (Å²) in [5.41, 5.74) is 7.55. The molecule has 220 valence electrons. The molecule has 0 atom stereocenters. The molecule has 5 heteroatoms. The van der Waals surface area contributed by atoms with Crippen LogP contribution >= 0.6 is 0 Å². The fourth-order valence-corrected chi connectivity index (χ4v) is 8.39. The topological polar surface area (TPSA) is 51.6 Å². The van der Waals surface area contributed by atoms with Crippen LogP contribution < -0.4 is 0 Å². The number of hydrogen-bond acceptors (Lipinski definition) is 4. The fraction of sp³-hybridized carbons (Fsp3) is 0. The van der Waals surface area contributed by atoms with Gasteiger partial charge >= 0.3 is 202 Å². The number of benzene rings is 7. The van der Waals surface area contributed by atoms with Crippen molar-refractivity contribution in [2.45, 2.75) is 0 Å².